The van der Waals surface area contributed by atoms with Crippen molar-refractivity contribution in [2.45, 2.75) is 33.6 Å². The minimum absolute atomic E-state index is 0. The molecule has 1 aromatic carbocycles. The number of hydrogen-bond donors (Lipinski definition) is 2. The number of esters is 1. The number of carbonyl (C=O) groups excluding carboxylic acids is 2. The summed E-state index contributed by atoms with van der Waals surface area (Å²) in [5, 5.41) is 2.90. The van der Waals surface area contributed by atoms with Crippen molar-refractivity contribution >= 4 is 30.0 Å². The number of aryl methyl sites for hydroxylation is 1. The summed E-state index contributed by atoms with van der Waals surface area (Å²) in [6.45, 7) is 6.07. The summed E-state index contributed by atoms with van der Waals surface area (Å²) in [6.07, 6.45) is 1.34. The van der Waals surface area contributed by atoms with Gasteiger partial charge in [-0.05, 0) is 37.5 Å². The van der Waals surface area contributed by atoms with E-state index in [0.717, 1.165) is 5.56 Å². The van der Waals surface area contributed by atoms with Crippen molar-refractivity contribution < 1.29 is 14.3 Å². The van der Waals surface area contributed by atoms with Crippen molar-refractivity contribution in [1.82, 2.24) is 0 Å². The van der Waals surface area contributed by atoms with Gasteiger partial charge in [0.05, 0.1) is 18.1 Å². The second-order valence-electron chi connectivity index (χ2n) is 5.17. The van der Waals surface area contributed by atoms with Crippen LogP contribution in [0.4, 0.5) is 5.69 Å². The number of benzene rings is 1. The molecule has 0 aliphatic rings. The summed E-state index contributed by atoms with van der Waals surface area (Å²) < 4.78 is 4.70. The molecular weight excluding hydrogens is 304 g/mol. The maximum absolute atomic E-state index is 12.5. The summed E-state index contributed by atoms with van der Waals surface area (Å²) in [5.41, 5.74) is 7.11. The summed E-state index contributed by atoms with van der Waals surface area (Å²) in [4.78, 5) is 24.1. The van der Waals surface area contributed by atoms with Crippen molar-refractivity contribution in [1.29, 1.82) is 0 Å². The zero-order valence-corrected chi connectivity index (χ0v) is 14.4. The molecule has 0 atom stereocenters. The lowest BCUT2D eigenvalue weighted by atomic mass is 9.81. The Morgan fingerprint density at radius 2 is 1.86 bits per heavy atom. The van der Waals surface area contributed by atoms with Crippen molar-refractivity contribution in [3.8, 4) is 0 Å². The van der Waals surface area contributed by atoms with E-state index in [1.54, 1.807) is 18.2 Å². The number of nitrogens with one attached hydrogen (secondary N) is 1. The number of halogens is 1. The largest absolute Gasteiger partial charge is 0.465 e. The van der Waals surface area contributed by atoms with Gasteiger partial charge in [-0.25, -0.2) is 4.79 Å². The molecule has 0 heterocycles. The smallest absolute Gasteiger partial charge is 0.337 e. The predicted octanol–water partition coefficient (Wildman–Crippen LogP) is 2.91. The van der Waals surface area contributed by atoms with Gasteiger partial charge in [0.25, 0.3) is 0 Å². The van der Waals surface area contributed by atoms with Gasteiger partial charge >= 0.3 is 5.97 Å². The van der Waals surface area contributed by atoms with E-state index in [9.17, 15) is 9.59 Å². The third-order valence-corrected chi connectivity index (χ3v) is 4.13. The molecule has 0 fully saturated rings. The first kappa shape index (κ1) is 20.4. The van der Waals surface area contributed by atoms with Crippen LogP contribution in [0.25, 0.3) is 0 Å². The van der Waals surface area contributed by atoms with Crippen LogP contribution in [0.5, 0.6) is 0 Å². The Morgan fingerprint density at radius 1 is 1.27 bits per heavy atom. The Bertz CT molecular complexity index is 520. The number of rotatable bonds is 6. The van der Waals surface area contributed by atoms with E-state index in [4.69, 9.17) is 10.5 Å². The SMILES string of the molecule is CCC(CC)(CN)C(=O)Nc1cc(C(=O)OC)ccc1C.Cl. The van der Waals surface area contributed by atoms with Crippen LogP contribution < -0.4 is 11.1 Å². The highest BCUT2D eigenvalue weighted by Crippen LogP contribution is 2.28. The molecule has 0 saturated carbocycles. The Labute approximate surface area is 138 Å². The second kappa shape index (κ2) is 8.76. The van der Waals surface area contributed by atoms with Gasteiger partial charge < -0.3 is 15.8 Å². The molecule has 6 heteroatoms. The van der Waals surface area contributed by atoms with Crippen LogP contribution in [0.1, 0.15) is 42.6 Å². The first-order chi connectivity index (χ1) is 9.93. The Hall–Kier alpha value is -1.59. The quantitative estimate of drug-likeness (QED) is 0.787. The van der Waals surface area contributed by atoms with Crippen molar-refractivity contribution in [2.75, 3.05) is 19.0 Å². The lowest BCUT2D eigenvalue weighted by Gasteiger charge is -2.29. The minimum atomic E-state index is -0.576. The van der Waals surface area contributed by atoms with Crippen LogP contribution in [0.3, 0.4) is 0 Å². The van der Waals surface area contributed by atoms with E-state index < -0.39 is 11.4 Å². The summed E-state index contributed by atoms with van der Waals surface area (Å²) >= 11 is 0. The fraction of sp³-hybridized carbons (Fsp3) is 0.500. The van der Waals surface area contributed by atoms with Gasteiger partial charge in [-0.2, -0.15) is 0 Å². The van der Waals surface area contributed by atoms with E-state index in [0.29, 0.717) is 30.6 Å². The number of amides is 1. The number of anilines is 1. The van der Waals surface area contributed by atoms with E-state index in [1.165, 1.54) is 7.11 Å². The number of ether oxygens (including phenoxy) is 1. The van der Waals surface area contributed by atoms with E-state index in [2.05, 4.69) is 5.32 Å². The van der Waals surface area contributed by atoms with Gasteiger partial charge in [0.2, 0.25) is 5.91 Å². The fourth-order valence-electron chi connectivity index (χ4n) is 2.21. The number of methoxy groups -OCH3 is 1. The standard InChI is InChI=1S/C16H24N2O3.ClH/c1-5-16(6-2,10-17)15(20)18-13-9-12(14(19)21-4)8-7-11(13)3;/h7-9H,5-6,10,17H2,1-4H3,(H,18,20);1H. The molecular formula is C16H25ClN2O3. The molecule has 0 aliphatic carbocycles. The van der Waals surface area contributed by atoms with Crippen molar-refractivity contribution in [3.63, 3.8) is 0 Å². The van der Waals surface area contributed by atoms with Gasteiger partial charge in [-0.3, -0.25) is 4.79 Å². The van der Waals surface area contributed by atoms with E-state index in [1.807, 2.05) is 20.8 Å². The molecule has 0 bridgehead atoms. The van der Waals surface area contributed by atoms with Gasteiger partial charge in [0.1, 0.15) is 0 Å². The van der Waals surface area contributed by atoms with Gasteiger partial charge in [0.15, 0.2) is 0 Å². The van der Waals surface area contributed by atoms with Crippen LogP contribution in [-0.4, -0.2) is 25.5 Å². The molecule has 5 nitrogen and oxygen atoms in total. The number of hydrogen-bond acceptors (Lipinski definition) is 4. The zero-order chi connectivity index (χ0) is 16.0. The first-order valence-corrected chi connectivity index (χ1v) is 7.14. The molecule has 0 aliphatic heterocycles. The molecule has 0 aromatic heterocycles. The van der Waals surface area contributed by atoms with E-state index in [-0.39, 0.29) is 18.3 Å². The van der Waals surface area contributed by atoms with Crippen molar-refractivity contribution in [2.24, 2.45) is 11.1 Å². The Morgan fingerprint density at radius 3 is 2.32 bits per heavy atom. The minimum Gasteiger partial charge on any atom is -0.465 e. The van der Waals surface area contributed by atoms with Crippen LogP contribution in [0.2, 0.25) is 0 Å². The van der Waals surface area contributed by atoms with Gasteiger partial charge in [0, 0.05) is 12.2 Å². The predicted molar refractivity (Wildman–Crippen MR) is 90.5 cm³/mol. The normalized spacial score (nSPS) is 10.6. The highest BCUT2D eigenvalue weighted by atomic mass is 35.5. The highest BCUT2D eigenvalue weighted by Gasteiger charge is 2.33. The molecule has 0 radical (unpaired) electrons. The number of carbonyl (C=O) groups is 2. The molecule has 0 unspecified atom stereocenters. The summed E-state index contributed by atoms with van der Waals surface area (Å²) in [5.74, 6) is -0.540. The molecule has 0 spiro atoms. The third kappa shape index (κ3) is 4.21. The Kier molecular flexibility index (Phi) is 8.12. The van der Waals surface area contributed by atoms with Gasteiger partial charge in [-0.15, -0.1) is 12.4 Å². The first-order valence-electron chi connectivity index (χ1n) is 7.14. The fourth-order valence-corrected chi connectivity index (χ4v) is 2.21. The Balaban J connectivity index is 0.00000441. The molecule has 22 heavy (non-hydrogen) atoms. The second-order valence-corrected chi connectivity index (χ2v) is 5.17. The average molecular weight is 329 g/mol. The molecule has 1 aromatic rings. The maximum Gasteiger partial charge on any atom is 0.337 e. The lowest BCUT2D eigenvalue weighted by molar-refractivity contribution is -0.125. The van der Waals surface area contributed by atoms with Crippen LogP contribution >= 0.6 is 12.4 Å². The molecule has 1 rings (SSSR count). The monoisotopic (exact) mass is 328 g/mol. The van der Waals surface area contributed by atoms with Gasteiger partial charge in [-0.1, -0.05) is 19.9 Å². The molecule has 0 saturated heterocycles. The molecule has 1 amide bonds. The summed E-state index contributed by atoms with van der Waals surface area (Å²) in [6, 6.07) is 5.09. The number of nitrogens with two attached hydrogens (primary N) is 1. The molecule has 124 valence electrons. The lowest BCUT2D eigenvalue weighted by Crippen LogP contribution is -2.41. The molecule has 3 N–H and O–H groups in total. The highest BCUT2D eigenvalue weighted by molar-refractivity contribution is 5.98. The summed E-state index contributed by atoms with van der Waals surface area (Å²) in [7, 11) is 1.33. The average Bonchev–Trinajstić information content (AvgIpc) is 2.51. The van der Waals surface area contributed by atoms with Crippen molar-refractivity contribution in [3.05, 3.63) is 29.3 Å². The third-order valence-electron chi connectivity index (χ3n) is 4.13. The van der Waals surface area contributed by atoms with Crippen LogP contribution in [0.15, 0.2) is 18.2 Å². The van der Waals surface area contributed by atoms with Crippen LogP contribution in [0, 0.1) is 12.3 Å². The van der Waals surface area contributed by atoms with Crippen LogP contribution in [-0.2, 0) is 9.53 Å². The topological polar surface area (TPSA) is 81.4 Å². The zero-order valence-electron chi connectivity index (χ0n) is 13.6. The van der Waals surface area contributed by atoms with E-state index >= 15 is 0 Å². The maximum atomic E-state index is 12.5.